The molecule has 1 aliphatic heterocycles. The summed E-state index contributed by atoms with van der Waals surface area (Å²) >= 11 is 0. The lowest BCUT2D eigenvalue weighted by molar-refractivity contribution is 0.0796. The van der Waals surface area contributed by atoms with Gasteiger partial charge in [-0.2, -0.15) is 0 Å². The van der Waals surface area contributed by atoms with Crippen LogP contribution in [0.1, 0.15) is 43.2 Å². The van der Waals surface area contributed by atoms with E-state index in [1.807, 2.05) is 12.1 Å². The minimum Gasteiger partial charge on any atom is -0.506 e. The van der Waals surface area contributed by atoms with Crippen molar-refractivity contribution in [2.75, 3.05) is 22.8 Å². The lowest BCUT2D eigenvalue weighted by Gasteiger charge is -2.56. The Balaban J connectivity index is 1.53. The molecular weight excluding hydrogens is 398 g/mol. The van der Waals surface area contributed by atoms with E-state index in [4.69, 9.17) is 0 Å². The summed E-state index contributed by atoms with van der Waals surface area (Å²) in [6.45, 7) is 1.05. The van der Waals surface area contributed by atoms with Crippen LogP contribution in [0.4, 0.5) is 17.1 Å². The highest BCUT2D eigenvalue weighted by atomic mass is 32.2. The van der Waals surface area contributed by atoms with E-state index < -0.39 is 10.0 Å². The van der Waals surface area contributed by atoms with E-state index in [9.17, 15) is 13.5 Å². The molecule has 2 fully saturated rings. The van der Waals surface area contributed by atoms with E-state index in [1.165, 1.54) is 36.8 Å². The molecule has 2 bridgehead atoms. The molecule has 4 N–H and O–H groups in total. The fourth-order valence-electron chi connectivity index (χ4n) is 6.10. The maximum atomic E-state index is 11.7. The molecule has 0 spiro atoms. The third-order valence-corrected chi connectivity index (χ3v) is 7.84. The Morgan fingerprint density at radius 3 is 2.70 bits per heavy atom. The summed E-state index contributed by atoms with van der Waals surface area (Å²) in [6, 6.07) is 11.7. The third-order valence-electron chi connectivity index (χ3n) is 7.25. The summed E-state index contributed by atoms with van der Waals surface area (Å²) < 4.78 is 26.0. The Hall–Kier alpha value is -2.25. The first-order chi connectivity index (χ1) is 14.4. The first-order valence-electron chi connectivity index (χ1n) is 10.8. The van der Waals surface area contributed by atoms with Crippen LogP contribution in [0.3, 0.4) is 0 Å². The smallest absolute Gasteiger partial charge is 0.229 e. The van der Waals surface area contributed by atoms with Gasteiger partial charge in [0.25, 0.3) is 0 Å². The molecule has 2 aromatic carbocycles. The molecule has 3 atom stereocenters. The van der Waals surface area contributed by atoms with Crippen LogP contribution in [0.25, 0.3) is 0 Å². The van der Waals surface area contributed by atoms with Crippen LogP contribution in [-0.2, 0) is 21.9 Å². The van der Waals surface area contributed by atoms with Gasteiger partial charge in [-0.3, -0.25) is 4.72 Å². The van der Waals surface area contributed by atoms with Crippen molar-refractivity contribution in [1.82, 2.24) is 5.32 Å². The number of piperidine rings is 1. The van der Waals surface area contributed by atoms with E-state index >= 15 is 0 Å². The Morgan fingerprint density at radius 1 is 1.10 bits per heavy atom. The molecule has 160 valence electrons. The topological polar surface area (TPSA) is 90.5 Å². The van der Waals surface area contributed by atoms with Gasteiger partial charge < -0.3 is 15.7 Å². The number of nitrogens with one attached hydrogen (secondary N) is 3. The van der Waals surface area contributed by atoms with Gasteiger partial charge in [-0.25, -0.2) is 8.42 Å². The molecule has 1 heterocycles. The highest BCUT2D eigenvalue weighted by molar-refractivity contribution is 7.92. The maximum Gasteiger partial charge on any atom is 0.229 e. The molecule has 7 heteroatoms. The zero-order valence-corrected chi connectivity index (χ0v) is 18.1. The number of hydrogen-bond acceptors (Lipinski definition) is 5. The van der Waals surface area contributed by atoms with Crippen molar-refractivity contribution < 1.29 is 13.5 Å². The zero-order valence-electron chi connectivity index (χ0n) is 17.2. The van der Waals surface area contributed by atoms with Gasteiger partial charge in [-0.15, -0.1) is 0 Å². The van der Waals surface area contributed by atoms with E-state index in [0.29, 0.717) is 29.0 Å². The highest BCUT2D eigenvalue weighted by Crippen LogP contribution is 2.55. The van der Waals surface area contributed by atoms with Crippen molar-refractivity contribution in [2.45, 2.75) is 50.0 Å². The molecule has 5 rings (SSSR count). The van der Waals surface area contributed by atoms with Gasteiger partial charge in [0.05, 0.1) is 23.3 Å². The number of fused-ring (bicyclic) bond motifs is 1. The molecule has 0 amide bonds. The first-order valence-corrected chi connectivity index (χ1v) is 12.7. The van der Waals surface area contributed by atoms with E-state index in [1.54, 1.807) is 18.2 Å². The average molecular weight is 428 g/mol. The molecule has 1 saturated heterocycles. The maximum absolute atomic E-state index is 11.7. The van der Waals surface area contributed by atoms with Crippen molar-refractivity contribution in [1.29, 1.82) is 0 Å². The molecule has 2 aromatic rings. The van der Waals surface area contributed by atoms with Crippen LogP contribution < -0.4 is 15.4 Å². The van der Waals surface area contributed by atoms with Crippen LogP contribution in [0.5, 0.6) is 5.75 Å². The summed E-state index contributed by atoms with van der Waals surface area (Å²) in [5.74, 6) is 0.879. The molecule has 3 aliphatic rings. The number of sulfonamides is 1. The Kier molecular flexibility index (Phi) is 4.71. The minimum absolute atomic E-state index is 0.188. The Bertz CT molecular complexity index is 1080. The number of aromatic hydroxyl groups is 1. The van der Waals surface area contributed by atoms with E-state index in [2.05, 4.69) is 21.4 Å². The van der Waals surface area contributed by atoms with E-state index in [0.717, 1.165) is 25.6 Å². The number of para-hydroxylation sites is 2. The van der Waals surface area contributed by atoms with Gasteiger partial charge in [0.15, 0.2) is 0 Å². The lowest BCUT2D eigenvalue weighted by atomic mass is 9.53. The Morgan fingerprint density at radius 2 is 1.90 bits per heavy atom. The number of rotatable bonds is 4. The fraction of sp³-hybridized carbons (Fsp3) is 0.478. The van der Waals surface area contributed by atoms with Gasteiger partial charge >= 0.3 is 0 Å². The van der Waals surface area contributed by atoms with Crippen LogP contribution >= 0.6 is 0 Å². The molecule has 30 heavy (non-hydrogen) atoms. The number of phenols is 1. The minimum atomic E-state index is -3.40. The molecule has 2 aliphatic carbocycles. The van der Waals surface area contributed by atoms with Gasteiger partial charge in [0.2, 0.25) is 10.0 Å². The van der Waals surface area contributed by atoms with Crippen LogP contribution in [0.15, 0.2) is 36.4 Å². The quantitative estimate of drug-likeness (QED) is 0.557. The number of phenolic OH excluding ortho intramolecular Hbond substituents is 1. The standard InChI is InChI=1S/C23H29N3O3S/c1-30(28,29)26-19-8-3-2-7-18(19)25-21-13-15-12-20-16-6-4-5-9-23(16,10-11-24-20)17(15)14-22(21)27/h2-3,7-8,13-14,16,20,24-27H,4-6,9-12H2,1H3/t16-,20+,23+/m1/s1. The zero-order chi connectivity index (χ0) is 20.9. The third kappa shape index (κ3) is 3.34. The summed E-state index contributed by atoms with van der Waals surface area (Å²) in [6.07, 6.45) is 8.27. The predicted octanol–water partition coefficient (Wildman–Crippen LogP) is 3.85. The van der Waals surface area contributed by atoms with Gasteiger partial charge in [-0.05, 0) is 73.5 Å². The molecule has 0 unspecified atom stereocenters. The van der Waals surface area contributed by atoms with Crippen LogP contribution in [0, 0.1) is 5.92 Å². The second-order valence-corrected chi connectivity index (χ2v) is 10.8. The van der Waals surface area contributed by atoms with E-state index in [-0.39, 0.29) is 11.2 Å². The summed E-state index contributed by atoms with van der Waals surface area (Å²) in [5, 5.41) is 17.9. The summed E-state index contributed by atoms with van der Waals surface area (Å²) in [7, 11) is -3.40. The van der Waals surface area contributed by atoms with Gasteiger partial charge in [0, 0.05) is 11.5 Å². The van der Waals surface area contributed by atoms with Crippen molar-refractivity contribution >= 4 is 27.1 Å². The van der Waals surface area contributed by atoms with Crippen molar-refractivity contribution in [3.8, 4) is 5.75 Å². The highest BCUT2D eigenvalue weighted by Gasteiger charge is 2.51. The largest absolute Gasteiger partial charge is 0.506 e. The van der Waals surface area contributed by atoms with Crippen molar-refractivity contribution in [3.63, 3.8) is 0 Å². The predicted molar refractivity (Wildman–Crippen MR) is 120 cm³/mol. The monoisotopic (exact) mass is 427 g/mol. The van der Waals surface area contributed by atoms with Crippen LogP contribution in [-0.4, -0.2) is 32.4 Å². The summed E-state index contributed by atoms with van der Waals surface area (Å²) in [4.78, 5) is 0. The average Bonchev–Trinajstić information content (AvgIpc) is 2.70. The SMILES string of the molecule is CS(=O)(=O)Nc1ccccc1Nc1cc2c(cc1O)[C@]13CCCC[C@@H]1[C@H](C2)NCC3. The van der Waals surface area contributed by atoms with Crippen molar-refractivity contribution in [3.05, 3.63) is 47.5 Å². The lowest BCUT2D eigenvalue weighted by Crippen LogP contribution is -2.59. The van der Waals surface area contributed by atoms with Gasteiger partial charge in [-0.1, -0.05) is 25.0 Å². The second-order valence-electron chi connectivity index (χ2n) is 9.09. The number of benzene rings is 2. The van der Waals surface area contributed by atoms with Crippen LogP contribution in [0.2, 0.25) is 0 Å². The summed E-state index contributed by atoms with van der Waals surface area (Å²) in [5.41, 5.74) is 4.49. The molecule has 0 aromatic heterocycles. The number of hydrogen-bond donors (Lipinski definition) is 4. The molecule has 6 nitrogen and oxygen atoms in total. The second kappa shape index (κ2) is 7.17. The fourth-order valence-corrected chi connectivity index (χ4v) is 6.68. The Labute approximate surface area is 178 Å². The molecule has 1 saturated carbocycles. The molecule has 0 radical (unpaired) electrons. The normalized spacial score (nSPS) is 27.6. The molecular formula is C23H29N3O3S. The van der Waals surface area contributed by atoms with Gasteiger partial charge in [0.1, 0.15) is 5.75 Å². The first kappa shape index (κ1) is 19.7. The van der Waals surface area contributed by atoms with Crippen molar-refractivity contribution in [2.24, 2.45) is 5.92 Å². The number of anilines is 3.